The molecule has 0 aliphatic rings. The Morgan fingerprint density at radius 1 is 1.07 bits per heavy atom. The molecule has 9 heteroatoms. The van der Waals surface area contributed by atoms with Gasteiger partial charge in [0.1, 0.15) is 11.6 Å². The first-order valence-corrected chi connectivity index (χ1v) is 10.1. The maximum Gasteiger partial charge on any atom is 0.258 e. The summed E-state index contributed by atoms with van der Waals surface area (Å²) in [6.45, 7) is 0. The minimum atomic E-state index is -0.229. The highest BCUT2D eigenvalue weighted by atomic mass is 32.2. The zero-order valence-electron chi connectivity index (χ0n) is 16.7. The van der Waals surface area contributed by atoms with Crippen molar-refractivity contribution in [2.24, 2.45) is 0 Å². The first-order valence-electron chi connectivity index (χ1n) is 9.08. The van der Waals surface area contributed by atoms with E-state index in [1.807, 2.05) is 35.0 Å². The topological polar surface area (TPSA) is 91.3 Å². The average Bonchev–Trinajstić information content (AvgIpc) is 3.25. The molecule has 0 fully saturated rings. The molecule has 0 spiro atoms. The summed E-state index contributed by atoms with van der Waals surface area (Å²) >= 11 is 1.47. The summed E-state index contributed by atoms with van der Waals surface area (Å²) < 4.78 is 17.8. The lowest BCUT2D eigenvalue weighted by Crippen LogP contribution is -2.12. The lowest BCUT2D eigenvalue weighted by Gasteiger charge is -2.10. The van der Waals surface area contributed by atoms with E-state index >= 15 is 0 Å². The van der Waals surface area contributed by atoms with Crippen LogP contribution in [0.4, 0.5) is 0 Å². The van der Waals surface area contributed by atoms with Gasteiger partial charge in [0.15, 0.2) is 16.7 Å². The van der Waals surface area contributed by atoms with Crippen LogP contribution in [0, 0.1) is 0 Å². The fourth-order valence-corrected chi connectivity index (χ4v) is 3.91. The molecule has 154 valence electrons. The smallest absolute Gasteiger partial charge is 0.258 e. The van der Waals surface area contributed by atoms with Crippen molar-refractivity contribution in [2.45, 2.75) is 10.9 Å². The molecule has 0 unspecified atom stereocenters. The SMILES string of the molecule is COc1cccc(-n2ccnc2SCc2nc3cc(OC)c(OC)cc3c(=O)[nH]2)c1. The Morgan fingerprint density at radius 3 is 2.63 bits per heavy atom. The molecule has 4 aromatic rings. The highest BCUT2D eigenvalue weighted by Gasteiger charge is 2.13. The summed E-state index contributed by atoms with van der Waals surface area (Å²) in [7, 11) is 4.71. The second-order valence-corrected chi connectivity index (χ2v) is 7.25. The van der Waals surface area contributed by atoms with E-state index in [0.717, 1.165) is 16.6 Å². The quantitative estimate of drug-likeness (QED) is 0.455. The van der Waals surface area contributed by atoms with Gasteiger partial charge >= 0.3 is 0 Å². The highest BCUT2D eigenvalue weighted by molar-refractivity contribution is 7.98. The third-order valence-electron chi connectivity index (χ3n) is 4.54. The number of thioether (sulfide) groups is 1. The molecule has 0 aliphatic heterocycles. The Kier molecular flexibility index (Phi) is 5.62. The van der Waals surface area contributed by atoms with E-state index in [9.17, 15) is 4.79 Å². The van der Waals surface area contributed by atoms with Crippen LogP contribution in [0.2, 0.25) is 0 Å². The van der Waals surface area contributed by atoms with Crippen molar-refractivity contribution < 1.29 is 14.2 Å². The van der Waals surface area contributed by atoms with E-state index in [0.29, 0.717) is 34.0 Å². The van der Waals surface area contributed by atoms with Crippen LogP contribution in [0.15, 0.2) is 58.7 Å². The van der Waals surface area contributed by atoms with Gasteiger partial charge in [0, 0.05) is 24.5 Å². The van der Waals surface area contributed by atoms with Crippen LogP contribution in [0.1, 0.15) is 5.82 Å². The number of aromatic amines is 1. The number of imidazole rings is 1. The van der Waals surface area contributed by atoms with Gasteiger partial charge in [-0.3, -0.25) is 9.36 Å². The Morgan fingerprint density at radius 2 is 1.87 bits per heavy atom. The number of ether oxygens (including phenoxy) is 3. The van der Waals surface area contributed by atoms with Crippen molar-refractivity contribution in [3.05, 3.63) is 65.0 Å². The summed E-state index contributed by atoms with van der Waals surface area (Å²) in [6, 6.07) is 11.1. The van der Waals surface area contributed by atoms with Gasteiger partial charge in [-0.1, -0.05) is 17.8 Å². The number of benzene rings is 2. The third kappa shape index (κ3) is 3.84. The van der Waals surface area contributed by atoms with E-state index in [1.54, 1.807) is 32.5 Å². The molecule has 30 heavy (non-hydrogen) atoms. The van der Waals surface area contributed by atoms with Crippen molar-refractivity contribution in [3.63, 3.8) is 0 Å². The van der Waals surface area contributed by atoms with Gasteiger partial charge in [0.25, 0.3) is 5.56 Å². The minimum Gasteiger partial charge on any atom is -0.497 e. The number of methoxy groups -OCH3 is 3. The van der Waals surface area contributed by atoms with Crippen LogP contribution >= 0.6 is 11.8 Å². The fourth-order valence-electron chi connectivity index (χ4n) is 3.07. The maximum absolute atomic E-state index is 12.6. The van der Waals surface area contributed by atoms with Gasteiger partial charge < -0.3 is 19.2 Å². The first-order chi connectivity index (χ1) is 14.6. The molecule has 2 aromatic heterocycles. The van der Waals surface area contributed by atoms with Gasteiger partial charge in [0.05, 0.1) is 43.7 Å². The van der Waals surface area contributed by atoms with Gasteiger partial charge in [-0.25, -0.2) is 9.97 Å². The largest absolute Gasteiger partial charge is 0.497 e. The van der Waals surface area contributed by atoms with E-state index in [-0.39, 0.29) is 5.56 Å². The lowest BCUT2D eigenvalue weighted by molar-refractivity contribution is 0.355. The van der Waals surface area contributed by atoms with Crippen molar-refractivity contribution in [1.29, 1.82) is 0 Å². The Balaban J connectivity index is 1.62. The minimum absolute atomic E-state index is 0.229. The zero-order valence-corrected chi connectivity index (χ0v) is 17.5. The van der Waals surface area contributed by atoms with E-state index in [2.05, 4.69) is 15.0 Å². The monoisotopic (exact) mass is 424 g/mol. The number of nitrogens with zero attached hydrogens (tertiary/aromatic N) is 3. The molecule has 0 bridgehead atoms. The standard InChI is InChI=1S/C21H20N4O4S/c1-27-14-6-4-5-13(9-14)25-8-7-22-21(25)30-12-19-23-16-11-18(29-3)17(28-2)10-15(16)20(26)24-19/h4-11H,12H2,1-3H3,(H,23,24,26). The highest BCUT2D eigenvalue weighted by Crippen LogP contribution is 2.30. The van der Waals surface area contributed by atoms with Gasteiger partial charge in [-0.05, 0) is 18.2 Å². The van der Waals surface area contributed by atoms with Crippen LogP contribution in [0.3, 0.4) is 0 Å². The Hall–Kier alpha value is -3.46. The zero-order chi connectivity index (χ0) is 21.1. The molecule has 0 radical (unpaired) electrons. The van der Waals surface area contributed by atoms with Crippen molar-refractivity contribution in [3.8, 4) is 22.9 Å². The van der Waals surface area contributed by atoms with Crippen molar-refractivity contribution in [2.75, 3.05) is 21.3 Å². The molecular formula is C21H20N4O4S. The number of nitrogens with one attached hydrogen (secondary N) is 1. The summed E-state index contributed by atoms with van der Waals surface area (Å²) in [5, 5.41) is 1.22. The second-order valence-electron chi connectivity index (χ2n) is 6.31. The number of hydrogen-bond acceptors (Lipinski definition) is 7. The predicted molar refractivity (Wildman–Crippen MR) is 115 cm³/mol. The number of rotatable bonds is 7. The third-order valence-corrected chi connectivity index (χ3v) is 5.51. The molecule has 0 atom stereocenters. The number of fused-ring (bicyclic) bond motifs is 1. The predicted octanol–water partition coefficient (Wildman–Crippen LogP) is 3.43. The molecule has 8 nitrogen and oxygen atoms in total. The van der Waals surface area contributed by atoms with Gasteiger partial charge in [-0.2, -0.15) is 0 Å². The lowest BCUT2D eigenvalue weighted by atomic mass is 10.2. The molecule has 2 aromatic carbocycles. The van der Waals surface area contributed by atoms with E-state index in [1.165, 1.54) is 18.9 Å². The van der Waals surface area contributed by atoms with Crippen LogP contribution < -0.4 is 19.8 Å². The Labute approximate surface area is 176 Å². The van der Waals surface area contributed by atoms with Crippen molar-refractivity contribution in [1.82, 2.24) is 19.5 Å². The molecular weight excluding hydrogens is 404 g/mol. The molecule has 0 saturated heterocycles. The normalized spacial score (nSPS) is 10.9. The second kappa shape index (κ2) is 8.50. The molecule has 0 saturated carbocycles. The van der Waals surface area contributed by atoms with Crippen LogP contribution in [0.5, 0.6) is 17.2 Å². The van der Waals surface area contributed by atoms with Crippen LogP contribution in [0.25, 0.3) is 16.6 Å². The van der Waals surface area contributed by atoms with Crippen molar-refractivity contribution >= 4 is 22.7 Å². The fraction of sp³-hybridized carbons (Fsp3) is 0.190. The number of H-pyrrole nitrogens is 1. The van der Waals surface area contributed by atoms with E-state index in [4.69, 9.17) is 14.2 Å². The van der Waals surface area contributed by atoms with Crippen LogP contribution in [-0.4, -0.2) is 40.8 Å². The number of hydrogen-bond donors (Lipinski definition) is 1. The van der Waals surface area contributed by atoms with E-state index < -0.39 is 0 Å². The maximum atomic E-state index is 12.6. The summed E-state index contributed by atoms with van der Waals surface area (Å²) in [4.78, 5) is 24.4. The molecule has 0 aliphatic carbocycles. The Bertz CT molecular complexity index is 1250. The molecule has 4 rings (SSSR count). The van der Waals surface area contributed by atoms with Crippen LogP contribution in [-0.2, 0) is 5.75 Å². The molecule has 0 amide bonds. The molecule has 2 heterocycles. The summed E-state index contributed by atoms with van der Waals surface area (Å²) in [5.74, 6) is 2.77. The number of aromatic nitrogens is 4. The summed E-state index contributed by atoms with van der Waals surface area (Å²) in [6.07, 6.45) is 3.61. The summed E-state index contributed by atoms with van der Waals surface area (Å²) in [5.41, 5.74) is 1.25. The molecule has 1 N–H and O–H groups in total. The first kappa shape index (κ1) is 19.8. The van der Waals surface area contributed by atoms with Gasteiger partial charge in [0.2, 0.25) is 0 Å². The van der Waals surface area contributed by atoms with Gasteiger partial charge in [-0.15, -0.1) is 0 Å². The average molecular weight is 424 g/mol.